The van der Waals surface area contributed by atoms with Gasteiger partial charge in [0.25, 0.3) is 11.8 Å². The van der Waals surface area contributed by atoms with E-state index in [2.05, 4.69) is 11.9 Å². The molecule has 37 heavy (non-hydrogen) atoms. The predicted octanol–water partition coefficient (Wildman–Crippen LogP) is 4.86. The summed E-state index contributed by atoms with van der Waals surface area (Å²) in [6.45, 7) is 6.32. The molecule has 1 fully saturated rings. The fraction of sp³-hybridized carbons (Fsp3) is 0.414. The van der Waals surface area contributed by atoms with Gasteiger partial charge in [0, 0.05) is 18.0 Å². The number of carbonyl (C=O) groups is 3. The number of thioether (sulfide) groups is 1. The molecule has 2 amide bonds. The summed E-state index contributed by atoms with van der Waals surface area (Å²) in [5.74, 6) is -1.08. The zero-order chi connectivity index (χ0) is 26.5. The second-order valence-electron chi connectivity index (χ2n) is 9.72. The minimum absolute atomic E-state index is 0.178. The van der Waals surface area contributed by atoms with Crippen molar-refractivity contribution in [2.75, 3.05) is 38.7 Å². The van der Waals surface area contributed by atoms with Gasteiger partial charge in [-0.15, -0.1) is 0 Å². The molecular formula is C29H35N3O4S. The first-order valence-corrected chi connectivity index (χ1v) is 13.7. The maximum absolute atomic E-state index is 13.8. The molecule has 0 saturated carbocycles. The summed E-state index contributed by atoms with van der Waals surface area (Å²) >= 11 is 1.33. The van der Waals surface area contributed by atoms with Crippen LogP contribution in [0.1, 0.15) is 48.5 Å². The molecular weight excluding hydrogens is 486 g/mol. The van der Waals surface area contributed by atoms with Crippen LogP contribution in [0.4, 0.5) is 5.69 Å². The van der Waals surface area contributed by atoms with E-state index in [-0.39, 0.29) is 17.9 Å². The van der Waals surface area contributed by atoms with Gasteiger partial charge in [0.2, 0.25) is 0 Å². The van der Waals surface area contributed by atoms with Gasteiger partial charge >= 0.3 is 5.97 Å². The number of rotatable bonds is 9. The van der Waals surface area contributed by atoms with E-state index in [4.69, 9.17) is 4.74 Å². The zero-order valence-corrected chi connectivity index (χ0v) is 22.8. The van der Waals surface area contributed by atoms with Crippen LogP contribution in [0.25, 0.3) is 0 Å². The van der Waals surface area contributed by atoms with Gasteiger partial charge in [-0.05, 0) is 82.7 Å². The second kappa shape index (κ2) is 12.0. The number of likely N-dealkylation sites (N-methyl/N-ethyl adjacent to an activating group) is 1. The summed E-state index contributed by atoms with van der Waals surface area (Å²) in [7, 11) is 4.02. The highest BCUT2D eigenvalue weighted by molar-refractivity contribution is 8.04. The lowest BCUT2D eigenvalue weighted by molar-refractivity contribution is -0.121. The van der Waals surface area contributed by atoms with Gasteiger partial charge in [0.1, 0.15) is 10.6 Å². The van der Waals surface area contributed by atoms with Gasteiger partial charge < -0.3 is 14.5 Å². The van der Waals surface area contributed by atoms with Crippen molar-refractivity contribution in [3.05, 3.63) is 70.3 Å². The standard InChI is InChI=1S/C29H35N3O4S/c1-5-6-19-36-29(35)21-9-11-23(12-10-21)32-27(33)25(31(4)22-15-17-30(3)18-16-22)26(28(32)34)37-24-13-7-20(2)8-14-24/h7-14,22H,5-6,15-19H2,1-4H3. The number of imide groups is 1. The molecule has 0 bridgehead atoms. The fourth-order valence-corrected chi connectivity index (χ4v) is 5.58. The molecule has 1 saturated heterocycles. The summed E-state index contributed by atoms with van der Waals surface area (Å²) in [6, 6.07) is 14.6. The maximum atomic E-state index is 13.8. The van der Waals surface area contributed by atoms with Crippen molar-refractivity contribution in [1.82, 2.24) is 9.80 Å². The largest absolute Gasteiger partial charge is 0.462 e. The molecule has 0 aliphatic carbocycles. The van der Waals surface area contributed by atoms with Gasteiger partial charge in [-0.1, -0.05) is 42.8 Å². The number of hydrogen-bond acceptors (Lipinski definition) is 7. The van der Waals surface area contributed by atoms with E-state index in [0.717, 1.165) is 49.2 Å². The van der Waals surface area contributed by atoms with E-state index in [0.29, 0.717) is 28.5 Å². The molecule has 2 aromatic carbocycles. The Kier molecular flexibility index (Phi) is 8.71. The molecule has 4 rings (SSSR count). The summed E-state index contributed by atoms with van der Waals surface area (Å²) in [5.41, 5.74) is 2.40. The van der Waals surface area contributed by atoms with Crippen LogP contribution in [-0.4, -0.2) is 67.4 Å². The quantitative estimate of drug-likeness (QED) is 0.265. The van der Waals surface area contributed by atoms with E-state index in [1.165, 1.54) is 16.7 Å². The second-order valence-corrected chi connectivity index (χ2v) is 10.8. The smallest absolute Gasteiger partial charge is 0.338 e. The van der Waals surface area contributed by atoms with E-state index in [1.807, 2.05) is 50.1 Å². The van der Waals surface area contributed by atoms with Gasteiger partial charge in [-0.2, -0.15) is 0 Å². The third-order valence-electron chi connectivity index (χ3n) is 6.94. The maximum Gasteiger partial charge on any atom is 0.338 e. The number of carbonyl (C=O) groups excluding carboxylic acids is 3. The lowest BCUT2D eigenvalue weighted by Gasteiger charge is -2.36. The van der Waals surface area contributed by atoms with Crippen molar-refractivity contribution in [1.29, 1.82) is 0 Å². The van der Waals surface area contributed by atoms with Crippen LogP contribution in [-0.2, 0) is 14.3 Å². The van der Waals surface area contributed by atoms with Crippen molar-refractivity contribution in [2.24, 2.45) is 0 Å². The minimum atomic E-state index is -0.407. The summed E-state index contributed by atoms with van der Waals surface area (Å²) in [5, 5.41) is 0. The Balaban J connectivity index is 1.61. The number of likely N-dealkylation sites (tertiary alicyclic amines) is 1. The van der Waals surface area contributed by atoms with Gasteiger partial charge in [0.05, 0.1) is 17.9 Å². The Bertz CT molecular complexity index is 1170. The molecule has 0 atom stereocenters. The molecule has 2 aliphatic rings. The number of amides is 2. The number of nitrogens with zero attached hydrogens (tertiary/aromatic N) is 3. The molecule has 2 heterocycles. The number of ether oxygens (including phenoxy) is 1. The van der Waals surface area contributed by atoms with Gasteiger partial charge in [-0.3, -0.25) is 9.59 Å². The highest BCUT2D eigenvalue weighted by Crippen LogP contribution is 2.39. The van der Waals surface area contributed by atoms with E-state index >= 15 is 0 Å². The molecule has 2 aromatic rings. The number of benzene rings is 2. The highest BCUT2D eigenvalue weighted by atomic mass is 32.2. The lowest BCUT2D eigenvalue weighted by atomic mass is 10.0. The summed E-state index contributed by atoms with van der Waals surface area (Å²) < 4.78 is 5.28. The van der Waals surface area contributed by atoms with Gasteiger partial charge in [0.15, 0.2) is 0 Å². The van der Waals surface area contributed by atoms with Crippen molar-refractivity contribution >= 4 is 35.2 Å². The Labute approximate surface area is 223 Å². The molecule has 0 aromatic heterocycles. The molecule has 0 radical (unpaired) electrons. The number of esters is 1. The summed E-state index contributed by atoms with van der Waals surface area (Å²) in [6.07, 6.45) is 3.60. The van der Waals surface area contributed by atoms with Crippen LogP contribution in [0, 0.1) is 6.92 Å². The number of anilines is 1. The third kappa shape index (κ3) is 6.08. The number of hydrogen-bond donors (Lipinski definition) is 0. The normalized spacial score (nSPS) is 17.0. The monoisotopic (exact) mass is 521 g/mol. The van der Waals surface area contributed by atoms with Crippen LogP contribution in [0.2, 0.25) is 0 Å². The predicted molar refractivity (Wildman–Crippen MR) is 146 cm³/mol. The number of unbranched alkanes of at least 4 members (excludes halogenated alkanes) is 1. The van der Waals surface area contributed by atoms with Crippen molar-refractivity contribution < 1.29 is 19.1 Å². The van der Waals surface area contributed by atoms with E-state index in [9.17, 15) is 14.4 Å². The van der Waals surface area contributed by atoms with E-state index < -0.39 is 5.97 Å². The summed E-state index contributed by atoms with van der Waals surface area (Å²) in [4.78, 5) is 46.7. The first-order chi connectivity index (χ1) is 17.8. The minimum Gasteiger partial charge on any atom is -0.462 e. The molecule has 0 spiro atoms. The van der Waals surface area contributed by atoms with Crippen LogP contribution < -0.4 is 4.90 Å². The zero-order valence-electron chi connectivity index (χ0n) is 22.0. The fourth-order valence-electron chi connectivity index (χ4n) is 4.56. The van der Waals surface area contributed by atoms with Crippen molar-refractivity contribution in [3.63, 3.8) is 0 Å². The molecule has 0 unspecified atom stereocenters. The first-order valence-electron chi connectivity index (χ1n) is 12.9. The Morgan fingerprint density at radius 3 is 2.30 bits per heavy atom. The van der Waals surface area contributed by atoms with E-state index in [1.54, 1.807) is 24.3 Å². The number of piperidine rings is 1. The van der Waals surface area contributed by atoms with Crippen LogP contribution in [0.3, 0.4) is 0 Å². The van der Waals surface area contributed by atoms with Crippen molar-refractivity contribution in [2.45, 2.75) is 50.5 Å². The highest BCUT2D eigenvalue weighted by Gasteiger charge is 2.43. The Morgan fingerprint density at radius 2 is 1.68 bits per heavy atom. The average Bonchev–Trinajstić information content (AvgIpc) is 3.14. The molecule has 8 heteroatoms. The van der Waals surface area contributed by atoms with Crippen molar-refractivity contribution in [3.8, 4) is 0 Å². The van der Waals surface area contributed by atoms with Crippen LogP contribution in [0.5, 0.6) is 0 Å². The molecule has 196 valence electrons. The Hall–Kier alpha value is -3.10. The molecule has 2 aliphatic heterocycles. The van der Waals surface area contributed by atoms with Crippen LogP contribution in [0.15, 0.2) is 64.0 Å². The van der Waals surface area contributed by atoms with Crippen LogP contribution >= 0.6 is 11.8 Å². The molecule has 0 N–H and O–H groups in total. The topological polar surface area (TPSA) is 70.2 Å². The number of aryl methyl sites for hydroxylation is 1. The Morgan fingerprint density at radius 1 is 1.03 bits per heavy atom. The molecule has 7 nitrogen and oxygen atoms in total. The average molecular weight is 522 g/mol. The lowest BCUT2D eigenvalue weighted by Crippen LogP contribution is -2.43. The third-order valence-corrected chi connectivity index (χ3v) is 8.02. The first kappa shape index (κ1) is 26.9. The van der Waals surface area contributed by atoms with Gasteiger partial charge in [-0.25, -0.2) is 9.69 Å². The SMILES string of the molecule is CCCCOC(=O)c1ccc(N2C(=O)C(Sc3ccc(C)cc3)=C(N(C)C3CCN(C)CC3)C2=O)cc1.